The molecule has 8 heteroatoms. The number of nitrogens with zero attached hydrogens (tertiary/aromatic N) is 2. The summed E-state index contributed by atoms with van der Waals surface area (Å²) in [4.78, 5) is 13.6. The highest BCUT2D eigenvalue weighted by Crippen LogP contribution is 2.55. The maximum absolute atomic E-state index is 12.6. The highest BCUT2D eigenvalue weighted by molar-refractivity contribution is 8.18. The van der Waals surface area contributed by atoms with Gasteiger partial charge in [-0.15, -0.1) is 11.7 Å². The van der Waals surface area contributed by atoms with Crippen LogP contribution in [0.1, 0.15) is 37.0 Å². The maximum Gasteiger partial charge on any atom is 0.278 e. The summed E-state index contributed by atoms with van der Waals surface area (Å²) in [6.07, 6.45) is 1.70. The van der Waals surface area contributed by atoms with E-state index in [1.54, 1.807) is 17.0 Å². The number of carbonyl (C=O) groups is 1. The van der Waals surface area contributed by atoms with E-state index in [-0.39, 0.29) is 25.0 Å². The van der Waals surface area contributed by atoms with E-state index >= 15 is 0 Å². The van der Waals surface area contributed by atoms with E-state index in [1.807, 2.05) is 18.2 Å². The molecule has 1 aliphatic rings. The lowest BCUT2D eigenvalue weighted by molar-refractivity contribution is 0.0716. The van der Waals surface area contributed by atoms with Crippen molar-refractivity contribution < 1.29 is 20.8 Å². The van der Waals surface area contributed by atoms with Crippen molar-refractivity contribution in [2.45, 2.75) is 32.7 Å². The molecule has 1 aliphatic heterocycles. The van der Waals surface area contributed by atoms with Crippen LogP contribution in [0.2, 0.25) is 0 Å². The Morgan fingerprint density at radius 3 is 2.21 bits per heavy atom. The summed E-state index contributed by atoms with van der Waals surface area (Å²) in [5.74, 6) is -0.0456. The number of hydrogen-bond acceptors (Lipinski definition) is 2. The standard InChI is InChI=1S/C12H14FNO.C4H10F3NS/c13-9-11-7-4-8-14(11)12(15)10-5-2-1-3-6-10;1-3-8(4-2)9(5,6)7/h1-3,5-6,11H,4,7-9H2;3-4H2,1-2H3/t11-;/m0./s1. The smallest absolute Gasteiger partial charge is 0.278 e. The first-order chi connectivity index (χ1) is 11.3. The van der Waals surface area contributed by atoms with Crippen molar-refractivity contribution in [1.29, 1.82) is 0 Å². The van der Waals surface area contributed by atoms with Crippen LogP contribution in [0.5, 0.6) is 0 Å². The monoisotopic (exact) mass is 368 g/mol. The van der Waals surface area contributed by atoms with Crippen LogP contribution in [-0.4, -0.2) is 47.5 Å². The van der Waals surface area contributed by atoms with Crippen molar-refractivity contribution >= 4 is 17.3 Å². The van der Waals surface area contributed by atoms with Crippen LogP contribution in [0.3, 0.4) is 0 Å². The van der Waals surface area contributed by atoms with Crippen molar-refractivity contribution in [3.63, 3.8) is 0 Å². The number of carbonyl (C=O) groups excluding carboxylic acids is 1. The third kappa shape index (κ3) is 5.98. The zero-order valence-corrected chi connectivity index (χ0v) is 14.7. The Hall–Kier alpha value is -1.28. The Balaban J connectivity index is 0.000000277. The van der Waals surface area contributed by atoms with Crippen LogP contribution in [0.4, 0.5) is 16.0 Å². The van der Waals surface area contributed by atoms with Gasteiger partial charge in [-0.1, -0.05) is 32.0 Å². The number of amides is 1. The molecule has 1 fully saturated rings. The Kier molecular flexibility index (Phi) is 8.55. The fourth-order valence-electron chi connectivity index (χ4n) is 2.53. The lowest BCUT2D eigenvalue weighted by Gasteiger charge is -2.23. The molecule has 1 saturated heterocycles. The van der Waals surface area contributed by atoms with Gasteiger partial charge in [-0.05, 0) is 25.0 Å². The van der Waals surface area contributed by atoms with E-state index < -0.39 is 18.0 Å². The first-order valence-corrected chi connectivity index (χ1v) is 9.23. The van der Waals surface area contributed by atoms with Crippen LogP contribution in [0.25, 0.3) is 0 Å². The third-order valence-corrected chi connectivity index (χ3v) is 4.94. The van der Waals surface area contributed by atoms with E-state index in [4.69, 9.17) is 0 Å². The average molecular weight is 368 g/mol. The Morgan fingerprint density at radius 2 is 1.79 bits per heavy atom. The molecular formula is C16H24F4N2OS. The summed E-state index contributed by atoms with van der Waals surface area (Å²) in [7, 11) is 0. The largest absolute Gasteiger partial charge is 0.333 e. The van der Waals surface area contributed by atoms with Gasteiger partial charge in [0.2, 0.25) is 0 Å². The summed E-state index contributed by atoms with van der Waals surface area (Å²) >= 11 is -4.93. The van der Waals surface area contributed by atoms with Gasteiger partial charge in [-0.25, -0.2) is 4.39 Å². The van der Waals surface area contributed by atoms with Gasteiger partial charge in [-0.2, -0.15) is 4.31 Å². The third-order valence-electron chi connectivity index (χ3n) is 3.84. The Morgan fingerprint density at radius 1 is 1.21 bits per heavy atom. The van der Waals surface area contributed by atoms with Gasteiger partial charge in [0.15, 0.2) is 0 Å². The van der Waals surface area contributed by atoms with Gasteiger partial charge in [-0.3, -0.25) is 4.79 Å². The lowest BCUT2D eigenvalue weighted by atomic mass is 10.2. The van der Waals surface area contributed by atoms with Gasteiger partial charge >= 0.3 is 0 Å². The predicted octanol–water partition coefficient (Wildman–Crippen LogP) is 4.96. The number of benzene rings is 1. The number of halogens is 4. The van der Waals surface area contributed by atoms with E-state index in [0.717, 1.165) is 12.8 Å². The number of alkyl halides is 1. The minimum atomic E-state index is -4.93. The zero-order valence-electron chi connectivity index (χ0n) is 13.9. The summed E-state index contributed by atoms with van der Waals surface area (Å²) in [6.45, 7) is 3.39. The molecule has 0 aliphatic carbocycles. The summed E-state index contributed by atoms with van der Waals surface area (Å²) < 4.78 is 48.3. The van der Waals surface area contributed by atoms with Gasteiger partial charge in [0.25, 0.3) is 17.3 Å². The zero-order chi connectivity index (χ0) is 18.2. The van der Waals surface area contributed by atoms with Crippen molar-refractivity contribution in [3.8, 4) is 0 Å². The van der Waals surface area contributed by atoms with Crippen molar-refractivity contribution in [2.24, 2.45) is 0 Å². The number of rotatable bonds is 5. The Bertz CT molecular complexity index is 495. The molecule has 2 rings (SSSR count). The molecular weight excluding hydrogens is 344 g/mol. The normalized spacial score (nSPS) is 18.3. The van der Waals surface area contributed by atoms with E-state index in [2.05, 4.69) is 0 Å². The molecule has 1 amide bonds. The minimum absolute atomic E-state index is 0.0456. The summed E-state index contributed by atoms with van der Waals surface area (Å²) in [6, 6.07) is 8.86. The van der Waals surface area contributed by atoms with E-state index in [1.165, 1.54) is 13.8 Å². The molecule has 0 unspecified atom stereocenters. The van der Waals surface area contributed by atoms with Crippen LogP contribution in [0, 0.1) is 0 Å². The quantitative estimate of drug-likeness (QED) is 0.686. The molecule has 0 spiro atoms. The minimum Gasteiger partial charge on any atom is -0.333 e. The van der Waals surface area contributed by atoms with Gasteiger partial charge in [0.1, 0.15) is 6.67 Å². The molecule has 1 aromatic carbocycles. The highest BCUT2D eigenvalue weighted by Gasteiger charge is 2.29. The molecule has 3 nitrogen and oxygen atoms in total. The van der Waals surface area contributed by atoms with Crippen LogP contribution in [-0.2, 0) is 0 Å². The maximum atomic E-state index is 12.6. The lowest BCUT2D eigenvalue weighted by Crippen LogP contribution is -2.36. The topological polar surface area (TPSA) is 23.6 Å². The van der Waals surface area contributed by atoms with E-state index in [0.29, 0.717) is 16.4 Å². The average Bonchev–Trinajstić information content (AvgIpc) is 3.04. The van der Waals surface area contributed by atoms with Crippen LogP contribution < -0.4 is 0 Å². The van der Waals surface area contributed by atoms with Gasteiger partial charge in [0, 0.05) is 25.2 Å². The van der Waals surface area contributed by atoms with E-state index in [9.17, 15) is 20.8 Å². The summed E-state index contributed by atoms with van der Waals surface area (Å²) in [5.41, 5.74) is 0.651. The molecule has 0 bridgehead atoms. The molecule has 1 atom stereocenters. The molecule has 0 N–H and O–H groups in total. The molecule has 1 heterocycles. The van der Waals surface area contributed by atoms with Crippen molar-refractivity contribution in [3.05, 3.63) is 35.9 Å². The Labute approximate surface area is 143 Å². The second-order valence-corrected chi connectivity index (χ2v) is 6.59. The molecule has 138 valence electrons. The second-order valence-electron chi connectivity index (χ2n) is 5.31. The van der Waals surface area contributed by atoms with Gasteiger partial charge in [0.05, 0.1) is 6.04 Å². The summed E-state index contributed by atoms with van der Waals surface area (Å²) in [5, 5.41) is 0. The fraction of sp³-hybridized carbons (Fsp3) is 0.562. The van der Waals surface area contributed by atoms with Crippen LogP contribution in [0.15, 0.2) is 30.3 Å². The number of hydrogen-bond donors (Lipinski definition) is 0. The fourth-order valence-corrected chi connectivity index (χ4v) is 3.11. The predicted molar refractivity (Wildman–Crippen MR) is 90.3 cm³/mol. The van der Waals surface area contributed by atoms with Gasteiger partial charge < -0.3 is 4.90 Å². The number of likely N-dealkylation sites (tertiary alicyclic amines) is 1. The highest BCUT2D eigenvalue weighted by atomic mass is 32.3. The molecule has 0 aromatic heterocycles. The molecule has 1 aromatic rings. The SMILES string of the molecule is CCN(CC)S(F)(F)F.O=C(c1ccccc1)N1CCC[C@H]1CF. The van der Waals surface area contributed by atoms with Crippen LogP contribution >= 0.6 is 11.4 Å². The first-order valence-electron chi connectivity index (χ1n) is 7.94. The molecule has 0 radical (unpaired) electrons. The molecule has 24 heavy (non-hydrogen) atoms. The first kappa shape index (κ1) is 20.8. The molecule has 0 saturated carbocycles. The van der Waals surface area contributed by atoms with Crippen molar-refractivity contribution in [2.75, 3.05) is 26.3 Å². The second kappa shape index (κ2) is 9.88. The van der Waals surface area contributed by atoms with Crippen molar-refractivity contribution in [1.82, 2.24) is 9.21 Å².